The zero-order valence-corrected chi connectivity index (χ0v) is 20.6. The van der Waals surface area contributed by atoms with E-state index in [0.29, 0.717) is 6.29 Å². The highest BCUT2D eigenvalue weighted by Crippen LogP contribution is 2.41. The Morgan fingerprint density at radius 3 is 2.08 bits per heavy atom. The number of fused-ring (bicyclic) bond motifs is 1. The summed E-state index contributed by atoms with van der Waals surface area (Å²) in [6.07, 6.45) is 0.0115. The van der Waals surface area contributed by atoms with Gasteiger partial charge in [0.25, 0.3) is 5.91 Å². The van der Waals surface area contributed by atoms with Crippen LogP contribution in [-0.4, -0.2) is 46.1 Å². The minimum Gasteiger partial charge on any atom is -0.448 e. The van der Waals surface area contributed by atoms with Gasteiger partial charge in [0.2, 0.25) is 5.91 Å². The maximum absolute atomic E-state index is 13.5. The molecular formula is C29H24N2O5S. The van der Waals surface area contributed by atoms with Crippen LogP contribution < -0.4 is 5.32 Å². The van der Waals surface area contributed by atoms with Crippen LogP contribution in [0.4, 0.5) is 0 Å². The van der Waals surface area contributed by atoms with Gasteiger partial charge in [0.15, 0.2) is 6.10 Å². The van der Waals surface area contributed by atoms with Gasteiger partial charge in [-0.25, -0.2) is 4.79 Å². The van der Waals surface area contributed by atoms with Crippen molar-refractivity contribution >= 4 is 35.8 Å². The van der Waals surface area contributed by atoms with E-state index in [1.807, 2.05) is 91.0 Å². The molecule has 1 N–H and O–H groups in total. The number of carbonyl (C=O) groups excluding carboxylic acids is 4. The van der Waals surface area contributed by atoms with Crippen molar-refractivity contribution in [3.05, 3.63) is 119 Å². The minimum atomic E-state index is -0.781. The first-order valence-electron chi connectivity index (χ1n) is 11.8. The van der Waals surface area contributed by atoms with E-state index in [0.717, 1.165) is 16.7 Å². The number of hydrogen-bond acceptors (Lipinski definition) is 6. The van der Waals surface area contributed by atoms with Crippen molar-refractivity contribution in [3.8, 4) is 0 Å². The summed E-state index contributed by atoms with van der Waals surface area (Å²) in [6, 6.07) is 27.0. The maximum atomic E-state index is 13.5. The Morgan fingerprint density at radius 2 is 1.51 bits per heavy atom. The number of thioether (sulfide) groups is 1. The van der Waals surface area contributed by atoms with Gasteiger partial charge in [-0.05, 0) is 16.7 Å². The Labute approximate surface area is 218 Å². The predicted molar refractivity (Wildman–Crippen MR) is 139 cm³/mol. The average molecular weight is 513 g/mol. The zero-order valence-electron chi connectivity index (χ0n) is 19.8. The monoisotopic (exact) mass is 512 g/mol. The third-order valence-corrected chi connectivity index (χ3v) is 7.59. The fourth-order valence-corrected chi connectivity index (χ4v) is 5.77. The van der Waals surface area contributed by atoms with Crippen molar-refractivity contribution in [1.29, 1.82) is 0 Å². The predicted octanol–water partition coefficient (Wildman–Crippen LogP) is 3.41. The number of benzene rings is 3. The number of esters is 1. The van der Waals surface area contributed by atoms with Crippen molar-refractivity contribution in [3.63, 3.8) is 0 Å². The number of nitrogens with zero attached hydrogens (tertiary/aromatic N) is 1. The molecule has 3 aromatic carbocycles. The molecule has 1 saturated heterocycles. The van der Waals surface area contributed by atoms with E-state index in [2.05, 4.69) is 5.32 Å². The summed E-state index contributed by atoms with van der Waals surface area (Å²) in [5.41, 5.74) is 2.49. The number of carbonyl (C=O) groups is 4. The van der Waals surface area contributed by atoms with Crippen molar-refractivity contribution in [2.24, 2.45) is 0 Å². The lowest BCUT2D eigenvalue weighted by Crippen LogP contribution is -2.70. The smallest absolute Gasteiger partial charge is 0.356 e. The number of aldehydes is 1. The van der Waals surface area contributed by atoms with Crippen LogP contribution in [0.25, 0.3) is 0 Å². The third kappa shape index (κ3) is 5.06. The lowest BCUT2D eigenvalue weighted by atomic mass is 10.0. The fourth-order valence-electron chi connectivity index (χ4n) is 4.48. The molecule has 1 fully saturated rings. The molecule has 2 aliphatic rings. The summed E-state index contributed by atoms with van der Waals surface area (Å²) in [5.74, 6) is -1.25. The Bertz CT molecular complexity index is 1300. The van der Waals surface area contributed by atoms with Crippen LogP contribution >= 0.6 is 11.8 Å². The van der Waals surface area contributed by atoms with E-state index < -0.39 is 29.4 Å². The Balaban J connectivity index is 1.35. The standard InChI is InChI=1S/C29H24N2O5S/c32-17-22-18-37-28-24(30-23(33)16-19-10-4-1-5-11-19)27(34)31(28)25(22)29(35)36-26(20-12-6-2-7-13-20)21-14-8-3-9-15-21/h1-15,17,24,26,28H,16,18H2,(H,30,33)/t24-,28-/m0/s1. The first kappa shape index (κ1) is 24.5. The van der Waals surface area contributed by atoms with Gasteiger partial charge in [-0.1, -0.05) is 91.0 Å². The second kappa shape index (κ2) is 10.8. The van der Waals surface area contributed by atoms with Crippen LogP contribution in [0, 0.1) is 0 Å². The molecule has 3 aromatic rings. The lowest BCUT2D eigenvalue weighted by Gasteiger charge is -2.49. The second-order valence-electron chi connectivity index (χ2n) is 8.72. The van der Waals surface area contributed by atoms with E-state index in [1.165, 1.54) is 16.7 Å². The highest BCUT2D eigenvalue weighted by molar-refractivity contribution is 8.00. The number of ether oxygens (including phenoxy) is 1. The average Bonchev–Trinajstić information content (AvgIpc) is 2.95. The Morgan fingerprint density at radius 1 is 0.946 bits per heavy atom. The van der Waals surface area contributed by atoms with Gasteiger partial charge < -0.3 is 10.1 Å². The third-order valence-electron chi connectivity index (χ3n) is 6.29. The molecule has 37 heavy (non-hydrogen) atoms. The summed E-state index contributed by atoms with van der Waals surface area (Å²) in [7, 11) is 0. The molecule has 2 atom stereocenters. The van der Waals surface area contributed by atoms with Crippen molar-refractivity contribution in [1.82, 2.24) is 10.2 Å². The van der Waals surface area contributed by atoms with Crippen LogP contribution in [0.5, 0.6) is 0 Å². The van der Waals surface area contributed by atoms with E-state index >= 15 is 0 Å². The van der Waals surface area contributed by atoms with Gasteiger partial charge >= 0.3 is 5.97 Å². The molecule has 0 bridgehead atoms. The summed E-state index contributed by atoms with van der Waals surface area (Å²) in [6.45, 7) is 0. The SMILES string of the molecule is O=CC1=C(C(=O)OC(c2ccccc2)c2ccccc2)N2C(=O)[C@H](NC(=O)Cc3ccccc3)[C@@H]2SC1. The molecule has 8 heteroatoms. The van der Waals surface area contributed by atoms with E-state index in [1.54, 1.807) is 0 Å². The van der Waals surface area contributed by atoms with E-state index in [9.17, 15) is 19.2 Å². The first-order chi connectivity index (χ1) is 18.1. The number of rotatable bonds is 8. The van der Waals surface area contributed by atoms with Crippen LogP contribution in [0.2, 0.25) is 0 Å². The van der Waals surface area contributed by atoms with Crippen LogP contribution in [0.15, 0.2) is 102 Å². The summed E-state index contributed by atoms with van der Waals surface area (Å²) in [5, 5.41) is 2.29. The number of β-lactam (4-membered cyclic amide) rings is 1. The van der Waals surface area contributed by atoms with E-state index in [4.69, 9.17) is 4.74 Å². The number of amides is 2. The van der Waals surface area contributed by atoms with Gasteiger partial charge in [0, 0.05) is 11.3 Å². The molecule has 0 spiro atoms. The molecule has 2 amide bonds. The summed E-state index contributed by atoms with van der Waals surface area (Å²) < 4.78 is 5.94. The largest absolute Gasteiger partial charge is 0.448 e. The highest BCUT2D eigenvalue weighted by atomic mass is 32.2. The molecular weight excluding hydrogens is 488 g/mol. The van der Waals surface area contributed by atoms with Crippen molar-refractivity contribution in [2.45, 2.75) is 23.9 Å². The maximum Gasteiger partial charge on any atom is 0.356 e. The lowest BCUT2D eigenvalue weighted by molar-refractivity contribution is -0.154. The molecule has 0 radical (unpaired) electrons. The topological polar surface area (TPSA) is 92.8 Å². The quantitative estimate of drug-likeness (QED) is 0.283. The van der Waals surface area contributed by atoms with Gasteiger partial charge in [-0.2, -0.15) is 0 Å². The molecule has 186 valence electrons. The van der Waals surface area contributed by atoms with E-state index in [-0.39, 0.29) is 29.4 Å². The summed E-state index contributed by atoms with van der Waals surface area (Å²) in [4.78, 5) is 52.3. The molecule has 2 heterocycles. The molecule has 2 aliphatic heterocycles. The zero-order chi connectivity index (χ0) is 25.8. The van der Waals surface area contributed by atoms with Crippen LogP contribution in [-0.2, 0) is 30.3 Å². The minimum absolute atomic E-state index is 0.0610. The summed E-state index contributed by atoms with van der Waals surface area (Å²) >= 11 is 1.33. The van der Waals surface area contributed by atoms with Gasteiger partial charge in [0.05, 0.1) is 6.42 Å². The fraction of sp³-hybridized carbons (Fsp3) is 0.172. The van der Waals surface area contributed by atoms with Gasteiger partial charge in [-0.3, -0.25) is 19.3 Å². The Hall–Kier alpha value is -4.17. The molecule has 0 unspecified atom stereocenters. The van der Waals surface area contributed by atoms with Crippen molar-refractivity contribution in [2.75, 3.05) is 5.75 Å². The molecule has 7 nitrogen and oxygen atoms in total. The van der Waals surface area contributed by atoms with Gasteiger partial charge in [0.1, 0.15) is 23.4 Å². The second-order valence-corrected chi connectivity index (χ2v) is 9.82. The first-order valence-corrected chi connectivity index (χ1v) is 12.9. The number of hydrogen-bond donors (Lipinski definition) is 1. The van der Waals surface area contributed by atoms with Gasteiger partial charge in [-0.15, -0.1) is 11.8 Å². The molecule has 0 aliphatic carbocycles. The number of nitrogens with one attached hydrogen (secondary N) is 1. The molecule has 0 saturated carbocycles. The normalized spacial score (nSPS) is 18.6. The molecule has 0 aromatic heterocycles. The van der Waals surface area contributed by atoms with Crippen molar-refractivity contribution < 1.29 is 23.9 Å². The highest BCUT2D eigenvalue weighted by Gasteiger charge is 2.54. The van der Waals surface area contributed by atoms with Crippen LogP contribution in [0.3, 0.4) is 0 Å². The molecule has 5 rings (SSSR count). The van der Waals surface area contributed by atoms with Crippen LogP contribution in [0.1, 0.15) is 22.8 Å². The Kier molecular flexibility index (Phi) is 7.18.